The molecule has 1 aromatic heterocycles. The Labute approximate surface area is 164 Å². The van der Waals surface area contributed by atoms with Crippen molar-refractivity contribution in [2.75, 3.05) is 0 Å². The number of pyridine rings is 1. The molecule has 0 saturated carbocycles. The molecule has 6 rings (SSSR count). The molecule has 2 nitrogen and oxygen atoms in total. The van der Waals surface area contributed by atoms with Crippen molar-refractivity contribution in [3.63, 3.8) is 0 Å². The molecule has 3 aromatic carbocycles. The predicted octanol–water partition coefficient (Wildman–Crippen LogP) is 6.17. The van der Waals surface area contributed by atoms with Crippen LogP contribution in [0.3, 0.4) is 0 Å². The van der Waals surface area contributed by atoms with Gasteiger partial charge in [-0.05, 0) is 58.0 Å². The zero-order valence-electron chi connectivity index (χ0n) is 15.3. The van der Waals surface area contributed by atoms with Gasteiger partial charge in [0.05, 0.1) is 11.4 Å². The third-order valence-corrected chi connectivity index (χ3v) is 5.87. The summed E-state index contributed by atoms with van der Waals surface area (Å²) in [5.74, 6) is 0.158. The van der Waals surface area contributed by atoms with E-state index >= 15 is 0 Å². The van der Waals surface area contributed by atoms with E-state index in [1.54, 1.807) is 0 Å². The van der Waals surface area contributed by atoms with Gasteiger partial charge in [-0.15, -0.1) is 0 Å². The molecule has 0 bridgehead atoms. The van der Waals surface area contributed by atoms with Gasteiger partial charge in [0.2, 0.25) is 0 Å². The van der Waals surface area contributed by atoms with Crippen LogP contribution >= 0.6 is 0 Å². The standard InChI is InChI=1S/C26H18N2/c1-2-7-20-17(6-1)14-18-15-19(11-12-21(18)20)28-16-25-22-8-3-4-9-23(22)26-24(25)10-5-13-27-26/h1-13,15-16,25H,14H2/t25-/m1/s1. The van der Waals surface area contributed by atoms with Crippen molar-refractivity contribution in [2.24, 2.45) is 4.99 Å². The molecule has 0 N–H and O–H groups in total. The van der Waals surface area contributed by atoms with Crippen LogP contribution in [0, 0.1) is 0 Å². The lowest BCUT2D eigenvalue weighted by molar-refractivity contribution is 1.14. The second-order valence-corrected chi connectivity index (χ2v) is 7.46. The van der Waals surface area contributed by atoms with Gasteiger partial charge in [-0.3, -0.25) is 9.98 Å². The largest absolute Gasteiger partial charge is 0.260 e. The molecule has 4 aromatic rings. The Morgan fingerprint density at radius 1 is 0.750 bits per heavy atom. The first kappa shape index (κ1) is 15.5. The predicted molar refractivity (Wildman–Crippen MR) is 114 cm³/mol. The highest BCUT2D eigenvalue weighted by Gasteiger charge is 2.27. The van der Waals surface area contributed by atoms with Gasteiger partial charge in [0.25, 0.3) is 0 Å². The summed E-state index contributed by atoms with van der Waals surface area (Å²) in [4.78, 5) is 9.49. The third kappa shape index (κ3) is 2.28. The normalized spacial score (nSPS) is 15.9. The van der Waals surface area contributed by atoms with E-state index in [1.807, 2.05) is 12.3 Å². The summed E-state index contributed by atoms with van der Waals surface area (Å²) in [6.07, 6.45) is 4.94. The highest BCUT2D eigenvalue weighted by Crippen LogP contribution is 2.43. The van der Waals surface area contributed by atoms with E-state index in [9.17, 15) is 0 Å². The number of hydrogen-bond acceptors (Lipinski definition) is 2. The van der Waals surface area contributed by atoms with Gasteiger partial charge >= 0.3 is 0 Å². The molecule has 2 aliphatic rings. The molecule has 1 atom stereocenters. The van der Waals surface area contributed by atoms with Gasteiger partial charge in [0.15, 0.2) is 0 Å². The Hall–Kier alpha value is -3.52. The Bertz CT molecular complexity index is 1210. The van der Waals surface area contributed by atoms with Crippen molar-refractivity contribution < 1.29 is 0 Å². The molecular weight excluding hydrogens is 340 g/mol. The number of aliphatic imine (C=N–C) groups is 1. The van der Waals surface area contributed by atoms with Gasteiger partial charge in [-0.25, -0.2) is 0 Å². The van der Waals surface area contributed by atoms with E-state index < -0.39 is 0 Å². The summed E-state index contributed by atoms with van der Waals surface area (Å²) in [7, 11) is 0. The molecule has 1 heterocycles. The highest BCUT2D eigenvalue weighted by molar-refractivity contribution is 5.89. The van der Waals surface area contributed by atoms with Gasteiger partial charge in [-0.1, -0.05) is 60.7 Å². The minimum absolute atomic E-state index is 0.158. The van der Waals surface area contributed by atoms with Crippen LogP contribution in [0.5, 0.6) is 0 Å². The molecule has 0 radical (unpaired) electrons. The number of rotatable bonds is 2. The minimum Gasteiger partial charge on any atom is -0.260 e. The van der Waals surface area contributed by atoms with Gasteiger partial charge < -0.3 is 0 Å². The molecular formula is C26H18N2. The van der Waals surface area contributed by atoms with Crippen LogP contribution in [-0.2, 0) is 6.42 Å². The van der Waals surface area contributed by atoms with Crippen molar-refractivity contribution in [2.45, 2.75) is 12.3 Å². The molecule has 0 aliphatic heterocycles. The van der Waals surface area contributed by atoms with E-state index in [0.29, 0.717) is 0 Å². The molecule has 0 amide bonds. The van der Waals surface area contributed by atoms with E-state index in [-0.39, 0.29) is 5.92 Å². The Morgan fingerprint density at radius 2 is 1.54 bits per heavy atom. The Balaban J connectivity index is 1.38. The fourth-order valence-electron chi connectivity index (χ4n) is 4.58. The molecule has 2 aliphatic carbocycles. The first-order valence-electron chi connectivity index (χ1n) is 9.68. The number of benzene rings is 3. The van der Waals surface area contributed by atoms with E-state index in [4.69, 9.17) is 4.99 Å². The zero-order chi connectivity index (χ0) is 18.5. The number of nitrogens with zero attached hydrogens (tertiary/aromatic N) is 2. The van der Waals surface area contributed by atoms with E-state index in [0.717, 1.165) is 17.8 Å². The maximum atomic E-state index is 4.87. The van der Waals surface area contributed by atoms with Crippen LogP contribution in [0.15, 0.2) is 90.1 Å². The summed E-state index contributed by atoms with van der Waals surface area (Å²) < 4.78 is 0. The first-order chi connectivity index (χ1) is 13.9. The Kier molecular flexibility index (Phi) is 3.33. The van der Waals surface area contributed by atoms with Gasteiger partial charge in [-0.2, -0.15) is 0 Å². The van der Waals surface area contributed by atoms with Crippen LogP contribution in [0.4, 0.5) is 5.69 Å². The number of hydrogen-bond donors (Lipinski definition) is 0. The van der Waals surface area contributed by atoms with Crippen LogP contribution in [0.1, 0.15) is 28.2 Å². The molecule has 0 fully saturated rings. The SMILES string of the molecule is C(=Nc1ccc2c(c1)Cc1ccccc1-2)[C@@H]1c2ccccc2-c2ncccc21. The summed E-state index contributed by atoms with van der Waals surface area (Å²) in [5, 5.41) is 0. The lowest BCUT2D eigenvalue weighted by Gasteiger charge is -2.07. The van der Waals surface area contributed by atoms with Crippen molar-refractivity contribution in [1.29, 1.82) is 0 Å². The highest BCUT2D eigenvalue weighted by atomic mass is 14.7. The fourth-order valence-corrected chi connectivity index (χ4v) is 4.58. The van der Waals surface area contributed by atoms with Crippen molar-refractivity contribution in [3.8, 4) is 22.4 Å². The second-order valence-electron chi connectivity index (χ2n) is 7.46. The summed E-state index contributed by atoms with van der Waals surface area (Å²) in [5.41, 5.74) is 11.3. The molecule has 0 spiro atoms. The lowest BCUT2D eigenvalue weighted by Crippen LogP contribution is -1.97. The molecule has 0 unspecified atom stereocenters. The summed E-state index contributed by atoms with van der Waals surface area (Å²) >= 11 is 0. The topological polar surface area (TPSA) is 25.2 Å². The average Bonchev–Trinajstić information content (AvgIpc) is 3.27. The van der Waals surface area contributed by atoms with E-state index in [1.165, 1.54) is 38.9 Å². The molecule has 132 valence electrons. The molecule has 2 heteroatoms. The minimum atomic E-state index is 0.158. The third-order valence-electron chi connectivity index (χ3n) is 5.87. The monoisotopic (exact) mass is 358 g/mol. The van der Waals surface area contributed by atoms with Crippen LogP contribution in [0.25, 0.3) is 22.4 Å². The maximum absolute atomic E-state index is 4.87. The summed E-state index contributed by atoms with van der Waals surface area (Å²) in [6.45, 7) is 0. The van der Waals surface area contributed by atoms with E-state index in [2.05, 4.69) is 84.0 Å². The first-order valence-corrected chi connectivity index (χ1v) is 9.68. The van der Waals surface area contributed by atoms with Crippen LogP contribution < -0.4 is 0 Å². The summed E-state index contributed by atoms with van der Waals surface area (Å²) in [6, 6.07) is 27.9. The zero-order valence-corrected chi connectivity index (χ0v) is 15.3. The Morgan fingerprint density at radius 3 is 2.50 bits per heavy atom. The quantitative estimate of drug-likeness (QED) is 0.347. The molecule has 0 saturated heterocycles. The van der Waals surface area contributed by atoms with Gasteiger partial charge in [0.1, 0.15) is 0 Å². The van der Waals surface area contributed by atoms with Gasteiger partial charge in [0, 0.05) is 23.9 Å². The fraction of sp³-hybridized carbons (Fsp3) is 0.0769. The maximum Gasteiger partial charge on any atom is 0.0747 e. The number of aromatic nitrogens is 1. The van der Waals surface area contributed by atoms with Crippen LogP contribution in [0.2, 0.25) is 0 Å². The van der Waals surface area contributed by atoms with Crippen molar-refractivity contribution >= 4 is 11.9 Å². The smallest absolute Gasteiger partial charge is 0.0747 e. The van der Waals surface area contributed by atoms with Crippen LogP contribution in [-0.4, -0.2) is 11.2 Å². The van der Waals surface area contributed by atoms with Crippen molar-refractivity contribution in [3.05, 3.63) is 107 Å². The number of fused-ring (bicyclic) bond motifs is 6. The second kappa shape index (κ2) is 6.00. The molecule has 28 heavy (non-hydrogen) atoms. The van der Waals surface area contributed by atoms with Crippen molar-refractivity contribution in [1.82, 2.24) is 4.98 Å². The average molecular weight is 358 g/mol. The lowest BCUT2D eigenvalue weighted by atomic mass is 9.99.